The Morgan fingerprint density at radius 1 is 1.29 bits per heavy atom. The summed E-state index contributed by atoms with van der Waals surface area (Å²) in [5, 5.41) is 0. The Hall–Kier alpha value is -1.91. The minimum absolute atomic E-state index is 0.202. The zero-order valence-electron chi connectivity index (χ0n) is 12.9. The van der Waals surface area contributed by atoms with Gasteiger partial charge in [0, 0.05) is 6.54 Å². The third-order valence-electron chi connectivity index (χ3n) is 4.56. The average Bonchev–Trinajstić information content (AvgIpc) is 3.28. The van der Waals surface area contributed by atoms with E-state index in [0.29, 0.717) is 12.5 Å². The molecule has 5 nitrogen and oxygen atoms in total. The lowest BCUT2D eigenvalue weighted by Gasteiger charge is -2.37. The average molecular weight is 289 g/mol. The van der Waals surface area contributed by atoms with Crippen LogP contribution < -0.4 is 15.2 Å². The maximum absolute atomic E-state index is 6.11. The summed E-state index contributed by atoms with van der Waals surface area (Å²) in [6, 6.07) is 6.06. The minimum atomic E-state index is -0.202. The molecule has 1 aromatic rings. The van der Waals surface area contributed by atoms with E-state index in [1.54, 1.807) is 14.2 Å². The van der Waals surface area contributed by atoms with Crippen LogP contribution in [0.3, 0.4) is 0 Å². The van der Waals surface area contributed by atoms with Crippen LogP contribution in [0.15, 0.2) is 23.2 Å². The van der Waals surface area contributed by atoms with Crippen molar-refractivity contribution in [3.05, 3.63) is 23.8 Å². The van der Waals surface area contributed by atoms with Gasteiger partial charge in [0.15, 0.2) is 17.5 Å². The fourth-order valence-electron chi connectivity index (χ4n) is 2.93. The van der Waals surface area contributed by atoms with Gasteiger partial charge in [-0.25, -0.2) is 0 Å². The van der Waals surface area contributed by atoms with Gasteiger partial charge in [-0.3, -0.25) is 4.99 Å². The molecule has 0 saturated heterocycles. The number of nitrogens with two attached hydrogens (primary N) is 1. The van der Waals surface area contributed by atoms with Gasteiger partial charge in [-0.15, -0.1) is 0 Å². The Morgan fingerprint density at radius 2 is 2.00 bits per heavy atom. The summed E-state index contributed by atoms with van der Waals surface area (Å²) in [6.07, 6.45) is 2.59. The number of methoxy groups -OCH3 is 2. The Balaban J connectivity index is 1.93. The van der Waals surface area contributed by atoms with Crippen molar-refractivity contribution < 1.29 is 9.47 Å². The maximum atomic E-state index is 6.11. The van der Waals surface area contributed by atoms with Crippen LogP contribution in [0, 0.1) is 5.92 Å². The normalized spacial score (nSPS) is 24.9. The van der Waals surface area contributed by atoms with Crippen molar-refractivity contribution in [2.24, 2.45) is 16.6 Å². The fraction of sp³-hybridized carbons (Fsp3) is 0.562. The smallest absolute Gasteiger partial charge is 0.192 e. The maximum Gasteiger partial charge on any atom is 0.192 e. The molecule has 3 rings (SSSR count). The molecule has 5 heteroatoms. The molecule has 1 saturated carbocycles. The highest BCUT2D eigenvalue weighted by molar-refractivity contribution is 5.81. The van der Waals surface area contributed by atoms with E-state index < -0.39 is 0 Å². The molecule has 1 heterocycles. The van der Waals surface area contributed by atoms with Crippen molar-refractivity contribution in [3.63, 3.8) is 0 Å². The summed E-state index contributed by atoms with van der Waals surface area (Å²) in [5.74, 6) is 2.90. The first-order chi connectivity index (χ1) is 10.1. The van der Waals surface area contributed by atoms with Crippen LogP contribution in [0.25, 0.3) is 0 Å². The summed E-state index contributed by atoms with van der Waals surface area (Å²) in [6.45, 7) is 3.86. The number of aliphatic imine (C=N–C) groups is 1. The van der Waals surface area contributed by atoms with Crippen molar-refractivity contribution in [2.75, 3.05) is 27.3 Å². The van der Waals surface area contributed by atoms with Crippen molar-refractivity contribution >= 4 is 5.96 Å². The molecular formula is C16H23N3O2. The van der Waals surface area contributed by atoms with Gasteiger partial charge < -0.3 is 20.1 Å². The first-order valence-corrected chi connectivity index (χ1v) is 7.38. The first-order valence-electron chi connectivity index (χ1n) is 7.38. The highest BCUT2D eigenvalue weighted by Gasteiger charge is 2.42. The van der Waals surface area contributed by atoms with Crippen LogP contribution in [0.4, 0.5) is 0 Å². The number of guanidine groups is 1. The van der Waals surface area contributed by atoms with Gasteiger partial charge in [-0.1, -0.05) is 6.07 Å². The Morgan fingerprint density at radius 3 is 2.62 bits per heavy atom. The van der Waals surface area contributed by atoms with Crippen molar-refractivity contribution in [1.82, 2.24) is 4.90 Å². The van der Waals surface area contributed by atoms with Gasteiger partial charge in [-0.05, 0) is 43.4 Å². The number of hydrogen-bond acceptors (Lipinski definition) is 5. The molecule has 0 aromatic heterocycles. The molecule has 1 unspecified atom stereocenters. The Bertz CT molecular complexity index is 569. The van der Waals surface area contributed by atoms with Gasteiger partial charge in [0.2, 0.25) is 0 Å². The number of ether oxygens (including phenoxy) is 2. The summed E-state index contributed by atoms with van der Waals surface area (Å²) < 4.78 is 10.7. The topological polar surface area (TPSA) is 60.1 Å². The molecule has 114 valence electrons. The molecule has 1 aliphatic carbocycles. The van der Waals surface area contributed by atoms with Gasteiger partial charge in [-0.2, -0.15) is 0 Å². The van der Waals surface area contributed by atoms with E-state index in [-0.39, 0.29) is 5.54 Å². The van der Waals surface area contributed by atoms with E-state index in [1.807, 2.05) is 12.1 Å². The van der Waals surface area contributed by atoms with E-state index in [4.69, 9.17) is 15.2 Å². The van der Waals surface area contributed by atoms with E-state index in [2.05, 4.69) is 22.9 Å². The van der Waals surface area contributed by atoms with Crippen LogP contribution in [-0.2, 0) is 5.54 Å². The lowest BCUT2D eigenvalue weighted by atomic mass is 9.90. The van der Waals surface area contributed by atoms with E-state index in [0.717, 1.165) is 29.5 Å². The van der Waals surface area contributed by atoms with E-state index in [1.165, 1.54) is 12.8 Å². The molecule has 1 aliphatic heterocycles. The molecule has 2 aliphatic rings. The predicted molar refractivity (Wildman–Crippen MR) is 82.8 cm³/mol. The number of rotatable bonds is 5. The highest BCUT2D eigenvalue weighted by atomic mass is 16.5. The second-order valence-electron chi connectivity index (χ2n) is 6.07. The minimum Gasteiger partial charge on any atom is -0.493 e. The monoisotopic (exact) mass is 289 g/mol. The summed E-state index contributed by atoms with van der Waals surface area (Å²) in [5.41, 5.74) is 7.07. The molecule has 1 fully saturated rings. The van der Waals surface area contributed by atoms with Crippen LogP contribution >= 0.6 is 0 Å². The van der Waals surface area contributed by atoms with Crippen LogP contribution in [0.5, 0.6) is 11.5 Å². The summed E-state index contributed by atoms with van der Waals surface area (Å²) >= 11 is 0. The van der Waals surface area contributed by atoms with E-state index in [9.17, 15) is 0 Å². The number of nitrogens with zero attached hydrogens (tertiary/aromatic N) is 2. The standard InChI is InChI=1S/C16H23N3O2/c1-16(10-18-15(17)19(16)9-11-4-5-11)12-6-7-13(20-2)14(8-12)21-3/h6-8,11H,4-5,9-10H2,1-3H3,(H2,17,18). The molecule has 0 bridgehead atoms. The molecule has 1 aromatic carbocycles. The van der Waals surface area contributed by atoms with Gasteiger partial charge >= 0.3 is 0 Å². The van der Waals surface area contributed by atoms with Crippen LogP contribution in [-0.4, -0.2) is 38.2 Å². The molecule has 0 radical (unpaired) electrons. The van der Waals surface area contributed by atoms with E-state index >= 15 is 0 Å². The molecule has 1 atom stereocenters. The van der Waals surface area contributed by atoms with Crippen LogP contribution in [0.1, 0.15) is 25.3 Å². The van der Waals surface area contributed by atoms with Gasteiger partial charge in [0.1, 0.15) is 0 Å². The SMILES string of the molecule is COc1ccc(C2(C)CN=C(N)N2CC2CC2)cc1OC. The lowest BCUT2D eigenvalue weighted by molar-refractivity contribution is 0.216. The molecule has 2 N–H and O–H groups in total. The largest absolute Gasteiger partial charge is 0.493 e. The Labute approximate surface area is 125 Å². The molecular weight excluding hydrogens is 266 g/mol. The lowest BCUT2D eigenvalue weighted by Crippen LogP contribution is -2.48. The van der Waals surface area contributed by atoms with Crippen molar-refractivity contribution in [3.8, 4) is 11.5 Å². The zero-order valence-corrected chi connectivity index (χ0v) is 12.9. The third-order valence-corrected chi connectivity index (χ3v) is 4.56. The quantitative estimate of drug-likeness (QED) is 0.900. The van der Waals surface area contributed by atoms with Gasteiger partial charge in [0.25, 0.3) is 0 Å². The van der Waals surface area contributed by atoms with Crippen molar-refractivity contribution in [2.45, 2.75) is 25.3 Å². The number of benzene rings is 1. The third kappa shape index (κ3) is 2.41. The fourth-order valence-corrected chi connectivity index (χ4v) is 2.93. The first kappa shape index (κ1) is 14.0. The summed E-state index contributed by atoms with van der Waals surface area (Å²) in [7, 11) is 3.31. The highest BCUT2D eigenvalue weighted by Crippen LogP contribution is 2.40. The predicted octanol–water partition coefficient (Wildman–Crippen LogP) is 1.96. The second kappa shape index (κ2) is 5.13. The second-order valence-corrected chi connectivity index (χ2v) is 6.07. The van der Waals surface area contributed by atoms with Crippen LogP contribution in [0.2, 0.25) is 0 Å². The summed E-state index contributed by atoms with van der Waals surface area (Å²) in [4.78, 5) is 6.72. The molecule has 21 heavy (non-hydrogen) atoms. The van der Waals surface area contributed by atoms with Crippen molar-refractivity contribution in [1.29, 1.82) is 0 Å². The molecule has 0 spiro atoms. The molecule has 0 amide bonds. The van der Waals surface area contributed by atoms with Gasteiger partial charge in [0.05, 0.1) is 26.3 Å². The Kier molecular flexibility index (Phi) is 3.43. The zero-order chi connectivity index (χ0) is 15.0. The number of hydrogen-bond donors (Lipinski definition) is 1.